The van der Waals surface area contributed by atoms with Crippen molar-refractivity contribution in [2.24, 2.45) is 0 Å². The molecular weight excluding hydrogens is 266 g/mol. The summed E-state index contributed by atoms with van der Waals surface area (Å²) in [5, 5.41) is 0.649. The number of aromatic nitrogens is 1. The second-order valence-electron chi connectivity index (χ2n) is 3.22. The highest BCUT2D eigenvalue weighted by Gasteiger charge is 2.08. The first-order valence-corrected chi connectivity index (χ1v) is 5.36. The molecule has 0 unspecified atom stereocenters. The van der Waals surface area contributed by atoms with Gasteiger partial charge in [-0.2, -0.15) is 0 Å². The summed E-state index contributed by atoms with van der Waals surface area (Å²) in [4.78, 5) is 3.90. The van der Waals surface area contributed by atoms with Gasteiger partial charge >= 0.3 is 0 Å². The fraction of sp³-hybridized carbons (Fsp3) is 0. The van der Waals surface area contributed by atoms with Crippen LogP contribution < -0.4 is 10.5 Å². The zero-order valence-corrected chi connectivity index (χ0v) is 9.97. The first kappa shape index (κ1) is 12.0. The molecule has 0 bridgehead atoms. The Bertz CT molecular complexity index is 514. The molecule has 6 heteroatoms. The van der Waals surface area contributed by atoms with Crippen molar-refractivity contribution in [3.05, 3.63) is 46.3 Å². The lowest BCUT2D eigenvalue weighted by Crippen LogP contribution is -1.94. The molecule has 2 rings (SSSR count). The van der Waals surface area contributed by atoms with Crippen molar-refractivity contribution < 1.29 is 9.13 Å². The van der Waals surface area contributed by atoms with Crippen molar-refractivity contribution in [1.82, 2.24) is 4.98 Å². The van der Waals surface area contributed by atoms with Gasteiger partial charge in [-0.15, -0.1) is 0 Å². The Morgan fingerprint density at radius 2 is 2.00 bits per heavy atom. The predicted molar refractivity (Wildman–Crippen MR) is 65.1 cm³/mol. The van der Waals surface area contributed by atoms with E-state index in [9.17, 15) is 4.39 Å². The molecule has 0 aliphatic carbocycles. The minimum Gasteiger partial charge on any atom is -0.435 e. The normalized spacial score (nSPS) is 10.3. The molecule has 0 saturated carbocycles. The Hall–Kier alpha value is -1.52. The monoisotopic (exact) mass is 272 g/mol. The molecule has 17 heavy (non-hydrogen) atoms. The van der Waals surface area contributed by atoms with Crippen LogP contribution in [0.2, 0.25) is 10.0 Å². The van der Waals surface area contributed by atoms with E-state index in [1.54, 1.807) is 0 Å². The van der Waals surface area contributed by atoms with Crippen LogP contribution in [0.1, 0.15) is 0 Å². The highest BCUT2D eigenvalue weighted by Crippen LogP contribution is 2.32. The number of anilines is 1. The summed E-state index contributed by atoms with van der Waals surface area (Å²) >= 11 is 11.6. The van der Waals surface area contributed by atoms with E-state index >= 15 is 0 Å². The molecule has 0 amide bonds. The number of halogens is 3. The molecular formula is C11H7Cl2FN2O. The maximum atomic E-state index is 12.8. The standard InChI is InChI=1S/C11H7Cl2FN2O/c12-6-3-8(13)11(16-5-6)17-10-2-1-7(14)4-9(10)15/h1-5H,15H2. The minimum atomic E-state index is -0.440. The van der Waals surface area contributed by atoms with E-state index in [1.807, 2.05) is 0 Å². The number of benzene rings is 1. The number of hydrogen-bond acceptors (Lipinski definition) is 3. The third kappa shape index (κ3) is 2.78. The maximum absolute atomic E-state index is 12.8. The molecule has 3 nitrogen and oxygen atoms in total. The van der Waals surface area contributed by atoms with Crippen molar-refractivity contribution in [1.29, 1.82) is 0 Å². The van der Waals surface area contributed by atoms with Gasteiger partial charge in [0.15, 0.2) is 5.75 Å². The van der Waals surface area contributed by atoms with Crippen LogP contribution in [-0.4, -0.2) is 4.98 Å². The minimum absolute atomic E-state index is 0.161. The van der Waals surface area contributed by atoms with Gasteiger partial charge in [0.25, 0.3) is 0 Å². The first-order valence-electron chi connectivity index (χ1n) is 4.60. The van der Waals surface area contributed by atoms with Crippen LogP contribution in [0.15, 0.2) is 30.5 Å². The number of nitrogens with two attached hydrogens (primary N) is 1. The van der Waals surface area contributed by atoms with Crippen LogP contribution >= 0.6 is 23.2 Å². The van der Waals surface area contributed by atoms with Gasteiger partial charge in [-0.05, 0) is 18.2 Å². The Morgan fingerprint density at radius 1 is 1.24 bits per heavy atom. The molecule has 1 heterocycles. The van der Waals surface area contributed by atoms with Crippen LogP contribution in [-0.2, 0) is 0 Å². The van der Waals surface area contributed by atoms with Crippen molar-refractivity contribution in [2.75, 3.05) is 5.73 Å². The summed E-state index contributed by atoms with van der Waals surface area (Å²) in [6.45, 7) is 0. The summed E-state index contributed by atoms with van der Waals surface area (Å²) in [6.07, 6.45) is 1.39. The molecule has 0 fully saturated rings. The van der Waals surface area contributed by atoms with Gasteiger partial charge in [-0.3, -0.25) is 0 Å². The van der Waals surface area contributed by atoms with Gasteiger partial charge in [0.05, 0.1) is 10.7 Å². The highest BCUT2D eigenvalue weighted by molar-refractivity contribution is 6.35. The number of hydrogen-bond donors (Lipinski definition) is 1. The Labute approximate surface area is 107 Å². The Morgan fingerprint density at radius 3 is 2.65 bits per heavy atom. The second kappa shape index (κ2) is 4.77. The van der Waals surface area contributed by atoms with E-state index in [2.05, 4.69) is 4.98 Å². The molecule has 0 aliphatic heterocycles. The summed E-state index contributed by atoms with van der Waals surface area (Å²) in [6, 6.07) is 5.27. The zero-order valence-electron chi connectivity index (χ0n) is 8.45. The Balaban J connectivity index is 2.31. The largest absolute Gasteiger partial charge is 0.435 e. The molecule has 2 N–H and O–H groups in total. The van der Waals surface area contributed by atoms with Gasteiger partial charge in [0, 0.05) is 12.3 Å². The van der Waals surface area contributed by atoms with E-state index in [0.29, 0.717) is 5.02 Å². The molecule has 1 aromatic heterocycles. The zero-order chi connectivity index (χ0) is 12.4. The van der Waals surface area contributed by atoms with Crippen LogP contribution in [0.4, 0.5) is 10.1 Å². The first-order chi connectivity index (χ1) is 8.06. The molecule has 0 atom stereocenters. The molecule has 88 valence electrons. The smallest absolute Gasteiger partial charge is 0.238 e. The number of rotatable bonds is 2. The Kier molecular flexibility index (Phi) is 3.36. The third-order valence-electron chi connectivity index (χ3n) is 1.95. The lowest BCUT2D eigenvalue weighted by molar-refractivity contribution is 0.464. The van der Waals surface area contributed by atoms with E-state index in [1.165, 1.54) is 24.4 Å². The maximum Gasteiger partial charge on any atom is 0.238 e. The summed E-state index contributed by atoms with van der Waals surface area (Å²) in [5.41, 5.74) is 5.75. The average molecular weight is 273 g/mol. The van der Waals surface area contributed by atoms with Crippen molar-refractivity contribution in [2.45, 2.75) is 0 Å². The quantitative estimate of drug-likeness (QED) is 0.844. The number of nitrogen functional groups attached to an aromatic ring is 1. The van der Waals surface area contributed by atoms with Crippen molar-refractivity contribution >= 4 is 28.9 Å². The van der Waals surface area contributed by atoms with Crippen LogP contribution in [0.5, 0.6) is 11.6 Å². The van der Waals surface area contributed by atoms with Gasteiger partial charge in [0.2, 0.25) is 5.88 Å². The number of ether oxygens (including phenoxy) is 1. The van der Waals surface area contributed by atoms with Gasteiger partial charge in [0.1, 0.15) is 10.8 Å². The summed E-state index contributed by atoms with van der Waals surface area (Å²) in [7, 11) is 0. The third-order valence-corrected chi connectivity index (χ3v) is 2.43. The highest BCUT2D eigenvalue weighted by atomic mass is 35.5. The second-order valence-corrected chi connectivity index (χ2v) is 4.07. The SMILES string of the molecule is Nc1cc(F)ccc1Oc1ncc(Cl)cc1Cl. The average Bonchev–Trinajstić information content (AvgIpc) is 2.25. The molecule has 1 aromatic carbocycles. The van der Waals surface area contributed by atoms with E-state index in [0.717, 1.165) is 6.07 Å². The molecule has 0 spiro atoms. The molecule has 0 aliphatic rings. The topological polar surface area (TPSA) is 48.1 Å². The fourth-order valence-corrected chi connectivity index (χ4v) is 1.61. The number of nitrogens with zero attached hydrogens (tertiary/aromatic N) is 1. The summed E-state index contributed by atoms with van der Waals surface area (Å²) < 4.78 is 18.2. The predicted octanol–water partition coefficient (Wildman–Crippen LogP) is 3.90. The van der Waals surface area contributed by atoms with Gasteiger partial charge in [-0.1, -0.05) is 23.2 Å². The van der Waals surface area contributed by atoms with Crippen LogP contribution in [0, 0.1) is 5.82 Å². The summed E-state index contributed by atoms with van der Waals surface area (Å²) in [5.74, 6) is 0.00232. The molecule has 0 saturated heterocycles. The van der Waals surface area contributed by atoms with Crippen molar-refractivity contribution in [3.8, 4) is 11.6 Å². The lowest BCUT2D eigenvalue weighted by atomic mass is 10.3. The van der Waals surface area contributed by atoms with Gasteiger partial charge < -0.3 is 10.5 Å². The van der Waals surface area contributed by atoms with Gasteiger partial charge in [-0.25, -0.2) is 9.37 Å². The lowest BCUT2D eigenvalue weighted by Gasteiger charge is -2.08. The van der Waals surface area contributed by atoms with Crippen LogP contribution in [0.25, 0.3) is 0 Å². The fourth-order valence-electron chi connectivity index (χ4n) is 1.19. The van der Waals surface area contributed by atoms with E-state index in [4.69, 9.17) is 33.7 Å². The molecule has 2 aromatic rings. The van der Waals surface area contributed by atoms with Crippen LogP contribution in [0.3, 0.4) is 0 Å². The number of pyridine rings is 1. The molecule has 0 radical (unpaired) electrons. The van der Waals surface area contributed by atoms with E-state index < -0.39 is 5.82 Å². The van der Waals surface area contributed by atoms with E-state index in [-0.39, 0.29) is 22.3 Å². The van der Waals surface area contributed by atoms with Crippen molar-refractivity contribution in [3.63, 3.8) is 0 Å².